The quantitative estimate of drug-likeness (QED) is 0.857. The Labute approximate surface area is 147 Å². The number of nitrogens with two attached hydrogens (primary N) is 1. The van der Waals surface area contributed by atoms with E-state index in [1.807, 2.05) is 4.90 Å². The number of halogens is 2. The molecule has 0 radical (unpaired) electrons. The van der Waals surface area contributed by atoms with E-state index in [1.54, 1.807) is 17.6 Å². The van der Waals surface area contributed by atoms with Gasteiger partial charge in [-0.3, -0.25) is 9.36 Å². The molecular weight excluding hydrogens is 377 g/mol. The average molecular weight is 396 g/mol. The number of aromatic nitrogens is 3. The second-order valence-electron chi connectivity index (χ2n) is 6.06. The van der Waals surface area contributed by atoms with E-state index in [0.29, 0.717) is 23.8 Å². The maximum atomic E-state index is 13.6. The van der Waals surface area contributed by atoms with Crippen LogP contribution in [-0.4, -0.2) is 33.9 Å². The zero-order valence-electron chi connectivity index (χ0n) is 13.4. The van der Waals surface area contributed by atoms with Crippen LogP contribution in [0.1, 0.15) is 24.1 Å². The molecule has 1 fully saturated rings. The molecule has 1 aromatic heterocycles. The first-order valence-corrected chi connectivity index (χ1v) is 8.63. The van der Waals surface area contributed by atoms with E-state index in [-0.39, 0.29) is 24.0 Å². The van der Waals surface area contributed by atoms with Gasteiger partial charge in [0.15, 0.2) is 0 Å². The Morgan fingerprint density at radius 1 is 1.42 bits per heavy atom. The zero-order valence-corrected chi connectivity index (χ0v) is 15.0. The van der Waals surface area contributed by atoms with Crippen LogP contribution >= 0.6 is 15.9 Å². The average Bonchev–Trinajstić information content (AvgIpc) is 2.55. The lowest BCUT2D eigenvalue weighted by atomic mass is 10.1. The van der Waals surface area contributed by atoms with Gasteiger partial charge in [0.25, 0.3) is 5.56 Å². The van der Waals surface area contributed by atoms with Crippen LogP contribution < -0.4 is 16.2 Å². The highest BCUT2D eigenvalue weighted by Crippen LogP contribution is 2.21. The molecule has 2 N–H and O–H groups in total. The van der Waals surface area contributed by atoms with E-state index in [4.69, 9.17) is 5.73 Å². The summed E-state index contributed by atoms with van der Waals surface area (Å²) in [6, 6.07) is 4.47. The molecule has 2 heterocycles. The fourth-order valence-corrected chi connectivity index (χ4v) is 3.28. The Bertz CT molecular complexity index is 810. The standard InChI is InChI=1S/C16H19BrFN5O/c1-10-15(24)23(8-11-7-12(18)4-5-14(11)17)16(21-20-10)22-6-2-3-13(19)9-22/h4-5,7,13H,2-3,6,8-9,19H2,1H3. The number of nitrogens with zero attached hydrogens (tertiary/aromatic N) is 4. The van der Waals surface area contributed by atoms with Gasteiger partial charge in [-0.05, 0) is 43.5 Å². The molecular formula is C16H19BrFN5O. The molecule has 0 bridgehead atoms. The lowest BCUT2D eigenvalue weighted by Gasteiger charge is -2.32. The number of piperidine rings is 1. The van der Waals surface area contributed by atoms with Crippen LogP contribution in [0, 0.1) is 12.7 Å². The molecule has 24 heavy (non-hydrogen) atoms. The summed E-state index contributed by atoms with van der Waals surface area (Å²) in [5, 5.41) is 8.19. The Morgan fingerprint density at radius 3 is 2.96 bits per heavy atom. The van der Waals surface area contributed by atoms with Crippen molar-refractivity contribution in [2.75, 3.05) is 18.0 Å². The maximum Gasteiger partial charge on any atom is 0.276 e. The first-order chi connectivity index (χ1) is 11.5. The molecule has 0 aliphatic carbocycles. The van der Waals surface area contributed by atoms with E-state index in [9.17, 15) is 9.18 Å². The first-order valence-electron chi connectivity index (χ1n) is 7.84. The number of benzene rings is 1. The molecule has 2 aromatic rings. The van der Waals surface area contributed by atoms with E-state index >= 15 is 0 Å². The van der Waals surface area contributed by atoms with Crippen LogP contribution in [-0.2, 0) is 6.54 Å². The van der Waals surface area contributed by atoms with Gasteiger partial charge in [-0.25, -0.2) is 4.39 Å². The summed E-state index contributed by atoms with van der Waals surface area (Å²) in [6.07, 6.45) is 1.89. The fraction of sp³-hybridized carbons (Fsp3) is 0.438. The fourth-order valence-electron chi connectivity index (χ4n) is 2.91. The minimum Gasteiger partial charge on any atom is -0.339 e. The summed E-state index contributed by atoms with van der Waals surface area (Å²) in [5.41, 5.74) is 6.80. The lowest BCUT2D eigenvalue weighted by molar-refractivity contribution is 0.487. The second kappa shape index (κ2) is 6.98. The molecule has 1 aromatic carbocycles. The Morgan fingerprint density at radius 2 is 2.21 bits per heavy atom. The molecule has 1 saturated heterocycles. The minimum absolute atomic E-state index is 0.0475. The summed E-state index contributed by atoms with van der Waals surface area (Å²) in [7, 11) is 0. The highest BCUT2D eigenvalue weighted by atomic mass is 79.9. The van der Waals surface area contributed by atoms with Crippen molar-refractivity contribution in [3.05, 3.63) is 50.1 Å². The van der Waals surface area contributed by atoms with Gasteiger partial charge in [-0.1, -0.05) is 15.9 Å². The van der Waals surface area contributed by atoms with Gasteiger partial charge in [0, 0.05) is 23.6 Å². The van der Waals surface area contributed by atoms with Gasteiger partial charge in [-0.2, -0.15) is 0 Å². The minimum atomic E-state index is -0.346. The summed E-state index contributed by atoms with van der Waals surface area (Å²) < 4.78 is 15.9. The molecule has 0 saturated carbocycles. The molecule has 6 nitrogen and oxygen atoms in total. The van der Waals surface area contributed by atoms with Gasteiger partial charge in [0.2, 0.25) is 5.95 Å². The van der Waals surface area contributed by atoms with Crippen molar-refractivity contribution in [2.24, 2.45) is 5.73 Å². The Balaban J connectivity index is 2.03. The van der Waals surface area contributed by atoms with Gasteiger partial charge < -0.3 is 10.6 Å². The normalized spacial score (nSPS) is 18.0. The largest absolute Gasteiger partial charge is 0.339 e. The van der Waals surface area contributed by atoms with Crippen molar-refractivity contribution >= 4 is 21.9 Å². The van der Waals surface area contributed by atoms with Gasteiger partial charge in [0.05, 0.1) is 6.54 Å². The first kappa shape index (κ1) is 17.0. The zero-order chi connectivity index (χ0) is 17.3. The third-order valence-electron chi connectivity index (χ3n) is 4.16. The monoisotopic (exact) mass is 395 g/mol. The van der Waals surface area contributed by atoms with E-state index in [1.165, 1.54) is 12.1 Å². The molecule has 128 valence electrons. The number of aryl methyl sites for hydroxylation is 1. The second-order valence-corrected chi connectivity index (χ2v) is 6.92. The molecule has 3 rings (SSSR count). The van der Waals surface area contributed by atoms with Crippen LogP contribution in [0.5, 0.6) is 0 Å². The van der Waals surface area contributed by atoms with Gasteiger partial charge in [-0.15, -0.1) is 10.2 Å². The summed E-state index contributed by atoms with van der Waals surface area (Å²) in [5.74, 6) is 0.137. The van der Waals surface area contributed by atoms with Crippen molar-refractivity contribution in [3.8, 4) is 0 Å². The van der Waals surface area contributed by atoms with E-state index in [2.05, 4.69) is 26.1 Å². The van der Waals surface area contributed by atoms with E-state index in [0.717, 1.165) is 23.9 Å². The number of anilines is 1. The lowest BCUT2D eigenvalue weighted by Crippen LogP contribution is -2.46. The van der Waals surface area contributed by atoms with Crippen LogP contribution in [0.4, 0.5) is 10.3 Å². The highest BCUT2D eigenvalue weighted by molar-refractivity contribution is 9.10. The molecule has 0 amide bonds. The molecule has 1 atom stereocenters. The number of hydrogen-bond donors (Lipinski definition) is 1. The smallest absolute Gasteiger partial charge is 0.276 e. The van der Waals surface area contributed by atoms with Crippen LogP contribution in [0.15, 0.2) is 27.5 Å². The van der Waals surface area contributed by atoms with Crippen molar-refractivity contribution < 1.29 is 4.39 Å². The van der Waals surface area contributed by atoms with Gasteiger partial charge in [0.1, 0.15) is 11.5 Å². The predicted molar refractivity (Wildman–Crippen MR) is 93.7 cm³/mol. The molecule has 0 spiro atoms. The van der Waals surface area contributed by atoms with Crippen molar-refractivity contribution in [1.82, 2.24) is 14.8 Å². The molecule has 8 heteroatoms. The molecule has 1 unspecified atom stereocenters. The predicted octanol–water partition coefficient (Wildman–Crippen LogP) is 1.82. The van der Waals surface area contributed by atoms with Crippen LogP contribution in [0.3, 0.4) is 0 Å². The van der Waals surface area contributed by atoms with Crippen molar-refractivity contribution in [1.29, 1.82) is 0 Å². The third kappa shape index (κ3) is 3.49. The van der Waals surface area contributed by atoms with Crippen LogP contribution in [0.25, 0.3) is 0 Å². The highest BCUT2D eigenvalue weighted by Gasteiger charge is 2.22. The topological polar surface area (TPSA) is 77.0 Å². The molecule has 1 aliphatic rings. The maximum absolute atomic E-state index is 13.6. The van der Waals surface area contributed by atoms with Crippen LogP contribution in [0.2, 0.25) is 0 Å². The van der Waals surface area contributed by atoms with Crippen molar-refractivity contribution in [3.63, 3.8) is 0 Å². The van der Waals surface area contributed by atoms with Gasteiger partial charge >= 0.3 is 0 Å². The summed E-state index contributed by atoms with van der Waals surface area (Å²) >= 11 is 3.41. The SMILES string of the molecule is Cc1nnc(N2CCCC(N)C2)n(Cc2cc(F)ccc2Br)c1=O. The number of hydrogen-bond acceptors (Lipinski definition) is 5. The molecule has 1 aliphatic heterocycles. The Hall–Kier alpha value is -1.80. The van der Waals surface area contributed by atoms with Crippen molar-refractivity contribution in [2.45, 2.75) is 32.4 Å². The summed E-state index contributed by atoms with van der Waals surface area (Å²) in [4.78, 5) is 14.6. The third-order valence-corrected chi connectivity index (χ3v) is 4.94. The summed E-state index contributed by atoms with van der Waals surface area (Å²) in [6.45, 7) is 3.24. The number of rotatable bonds is 3. The Kier molecular flexibility index (Phi) is 4.96. The van der Waals surface area contributed by atoms with E-state index < -0.39 is 0 Å².